The van der Waals surface area contributed by atoms with Gasteiger partial charge < -0.3 is 9.47 Å². The number of rotatable bonds is 4. The normalized spacial score (nSPS) is 10.8. The molecule has 21 heavy (non-hydrogen) atoms. The summed E-state index contributed by atoms with van der Waals surface area (Å²) in [6.45, 7) is -1.42. The Morgan fingerprint density at radius 3 is 2.43 bits per heavy atom. The van der Waals surface area contributed by atoms with E-state index in [0.29, 0.717) is 0 Å². The summed E-state index contributed by atoms with van der Waals surface area (Å²) < 4.78 is 46.6. The Labute approximate surface area is 118 Å². The van der Waals surface area contributed by atoms with Crippen molar-refractivity contribution in [2.45, 2.75) is 6.18 Å². The minimum absolute atomic E-state index is 0.0565. The molecule has 0 saturated heterocycles. The lowest BCUT2D eigenvalue weighted by Crippen LogP contribution is -2.19. The fourth-order valence-electron chi connectivity index (χ4n) is 1.46. The second kappa shape index (κ2) is 6.13. The van der Waals surface area contributed by atoms with E-state index in [-0.39, 0.29) is 23.1 Å². The van der Waals surface area contributed by atoms with Crippen molar-refractivity contribution in [2.24, 2.45) is 0 Å². The lowest BCUT2D eigenvalue weighted by Gasteiger charge is -2.13. The van der Waals surface area contributed by atoms with Crippen molar-refractivity contribution >= 4 is 0 Å². The monoisotopic (exact) mass is 294 g/mol. The highest BCUT2D eigenvalue weighted by Crippen LogP contribution is 2.31. The first-order valence-corrected chi connectivity index (χ1v) is 5.81. The van der Waals surface area contributed by atoms with E-state index in [0.717, 1.165) is 0 Å². The van der Waals surface area contributed by atoms with Gasteiger partial charge in [-0.05, 0) is 18.2 Å². The van der Waals surface area contributed by atoms with Gasteiger partial charge in [-0.1, -0.05) is 18.2 Å². The predicted molar refractivity (Wildman–Crippen MR) is 67.0 cm³/mol. The molecule has 4 nitrogen and oxygen atoms in total. The Hall–Kier alpha value is -2.75. The third kappa shape index (κ3) is 4.38. The van der Waals surface area contributed by atoms with Crippen molar-refractivity contribution in [2.75, 3.05) is 6.61 Å². The van der Waals surface area contributed by atoms with E-state index < -0.39 is 12.8 Å². The largest absolute Gasteiger partial charge is 0.480 e. The zero-order chi connectivity index (χ0) is 15.3. The lowest BCUT2D eigenvalue weighted by atomic mass is 10.3. The first-order valence-electron chi connectivity index (χ1n) is 5.81. The van der Waals surface area contributed by atoms with Crippen LogP contribution in [0.3, 0.4) is 0 Å². The van der Waals surface area contributed by atoms with E-state index in [1.165, 1.54) is 30.3 Å². The standard InChI is InChI=1S/C14H9F3N2O2/c15-14(16,17)9-20-11-5-1-2-6-12(11)21-13-7-3-4-10(8-18)19-13/h1-7H,9H2. The number of nitrogens with zero attached hydrogens (tertiary/aromatic N) is 2. The molecule has 0 bridgehead atoms. The van der Waals surface area contributed by atoms with E-state index in [1.54, 1.807) is 12.1 Å². The molecule has 2 rings (SSSR count). The van der Waals surface area contributed by atoms with Crippen LogP contribution >= 0.6 is 0 Å². The van der Waals surface area contributed by atoms with Crippen LogP contribution in [0.1, 0.15) is 5.69 Å². The smallest absolute Gasteiger partial charge is 0.422 e. The van der Waals surface area contributed by atoms with Gasteiger partial charge in [-0.15, -0.1) is 0 Å². The van der Waals surface area contributed by atoms with Gasteiger partial charge >= 0.3 is 6.18 Å². The van der Waals surface area contributed by atoms with Gasteiger partial charge in [-0.2, -0.15) is 18.4 Å². The highest BCUT2D eigenvalue weighted by molar-refractivity contribution is 5.42. The first-order chi connectivity index (χ1) is 9.98. The summed E-state index contributed by atoms with van der Waals surface area (Å²) in [5.74, 6) is 0.125. The number of ether oxygens (including phenoxy) is 2. The van der Waals surface area contributed by atoms with Crippen LogP contribution in [-0.4, -0.2) is 17.8 Å². The fraction of sp³-hybridized carbons (Fsp3) is 0.143. The third-order valence-electron chi connectivity index (χ3n) is 2.29. The molecule has 0 amide bonds. The number of halogens is 3. The molecule has 1 heterocycles. The van der Waals surface area contributed by atoms with Crippen LogP contribution < -0.4 is 9.47 Å². The van der Waals surface area contributed by atoms with E-state index in [1.807, 2.05) is 6.07 Å². The molecule has 0 radical (unpaired) electrons. The summed E-state index contributed by atoms with van der Waals surface area (Å²) in [6, 6.07) is 12.3. The Morgan fingerprint density at radius 1 is 1.05 bits per heavy atom. The van der Waals surface area contributed by atoms with E-state index >= 15 is 0 Å². The quantitative estimate of drug-likeness (QED) is 0.863. The van der Waals surface area contributed by atoms with Crippen LogP contribution in [0.2, 0.25) is 0 Å². The van der Waals surface area contributed by atoms with Crippen molar-refractivity contribution in [3.05, 3.63) is 48.2 Å². The Kier molecular flexibility index (Phi) is 4.28. The number of nitriles is 1. The van der Waals surface area contributed by atoms with Gasteiger partial charge in [0.05, 0.1) is 0 Å². The summed E-state index contributed by atoms with van der Waals surface area (Å²) in [5, 5.41) is 8.74. The molecule has 2 aromatic rings. The van der Waals surface area contributed by atoms with Gasteiger partial charge in [-0.25, -0.2) is 4.98 Å². The van der Waals surface area contributed by atoms with Gasteiger partial charge in [0.1, 0.15) is 11.8 Å². The lowest BCUT2D eigenvalue weighted by molar-refractivity contribution is -0.153. The van der Waals surface area contributed by atoms with Gasteiger partial charge in [0.25, 0.3) is 0 Å². The number of pyridine rings is 1. The minimum Gasteiger partial charge on any atom is -0.480 e. The molecular formula is C14H9F3N2O2. The molecule has 0 aliphatic heterocycles. The van der Waals surface area contributed by atoms with Crippen LogP contribution in [-0.2, 0) is 0 Å². The molecule has 108 valence electrons. The molecule has 0 aliphatic carbocycles. The summed E-state index contributed by atoms with van der Waals surface area (Å²) in [7, 11) is 0. The van der Waals surface area contributed by atoms with E-state index in [4.69, 9.17) is 10.00 Å². The molecule has 7 heteroatoms. The van der Waals surface area contributed by atoms with Crippen LogP contribution in [0.15, 0.2) is 42.5 Å². The Balaban J connectivity index is 2.18. The van der Waals surface area contributed by atoms with Gasteiger partial charge in [0.15, 0.2) is 18.1 Å². The molecule has 1 aromatic heterocycles. The average Bonchev–Trinajstić information content (AvgIpc) is 2.46. The van der Waals surface area contributed by atoms with Gasteiger partial charge in [0.2, 0.25) is 5.88 Å². The number of benzene rings is 1. The number of hydrogen-bond acceptors (Lipinski definition) is 4. The van der Waals surface area contributed by atoms with Crippen molar-refractivity contribution < 1.29 is 22.6 Å². The number of para-hydroxylation sites is 2. The second-order valence-electron chi connectivity index (χ2n) is 3.93. The molecule has 1 aromatic carbocycles. The molecule has 0 fully saturated rings. The predicted octanol–water partition coefficient (Wildman–Crippen LogP) is 3.69. The number of aromatic nitrogens is 1. The Morgan fingerprint density at radius 2 is 1.76 bits per heavy atom. The molecule has 0 atom stereocenters. The highest BCUT2D eigenvalue weighted by atomic mass is 19.4. The van der Waals surface area contributed by atoms with Crippen molar-refractivity contribution in [3.63, 3.8) is 0 Å². The van der Waals surface area contributed by atoms with Crippen LogP contribution in [0.4, 0.5) is 13.2 Å². The van der Waals surface area contributed by atoms with E-state index in [2.05, 4.69) is 9.72 Å². The maximum Gasteiger partial charge on any atom is 0.422 e. The number of alkyl halides is 3. The van der Waals surface area contributed by atoms with E-state index in [9.17, 15) is 13.2 Å². The summed E-state index contributed by atoms with van der Waals surface area (Å²) >= 11 is 0. The second-order valence-corrected chi connectivity index (χ2v) is 3.93. The highest BCUT2D eigenvalue weighted by Gasteiger charge is 2.29. The maximum absolute atomic E-state index is 12.2. The summed E-state index contributed by atoms with van der Waals surface area (Å²) in [4.78, 5) is 3.88. The van der Waals surface area contributed by atoms with Crippen molar-refractivity contribution in [1.82, 2.24) is 4.98 Å². The summed E-state index contributed by atoms with van der Waals surface area (Å²) in [5.41, 5.74) is 0.140. The third-order valence-corrected chi connectivity index (χ3v) is 2.29. The topological polar surface area (TPSA) is 55.1 Å². The van der Waals surface area contributed by atoms with Gasteiger partial charge in [-0.3, -0.25) is 0 Å². The molecule has 0 saturated carbocycles. The molecule has 0 N–H and O–H groups in total. The molecule has 0 spiro atoms. The zero-order valence-electron chi connectivity index (χ0n) is 10.6. The zero-order valence-corrected chi connectivity index (χ0v) is 10.6. The van der Waals surface area contributed by atoms with Crippen LogP contribution in [0, 0.1) is 11.3 Å². The molecule has 0 unspecified atom stereocenters. The fourth-order valence-corrected chi connectivity index (χ4v) is 1.46. The average molecular weight is 294 g/mol. The SMILES string of the molecule is N#Cc1cccc(Oc2ccccc2OCC(F)(F)F)n1. The van der Waals surface area contributed by atoms with Gasteiger partial charge in [0, 0.05) is 6.07 Å². The van der Waals surface area contributed by atoms with Crippen LogP contribution in [0.25, 0.3) is 0 Å². The maximum atomic E-state index is 12.2. The Bertz CT molecular complexity index is 666. The minimum atomic E-state index is -4.44. The van der Waals surface area contributed by atoms with Crippen molar-refractivity contribution in [1.29, 1.82) is 5.26 Å². The molecule has 0 aliphatic rings. The molecular weight excluding hydrogens is 285 g/mol. The van der Waals surface area contributed by atoms with Crippen molar-refractivity contribution in [3.8, 4) is 23.4 Å². The van der Waals surface area contributed by atoms with Crippen LogP contribution in [0.5, 0.6) is 17.4 Å². The number of hydrogen-bond donors (Lipinski definition) is 0. The summed E-state index contributed by atoms with van der Waals surface area (Å²) in [6.07, 6.45) is -4.44. The first kappa shape index (κ1) is 14.7.